The van der Waals surface area contributed by atoms with Crippen molar-refractivity contribution in [3.63, 3.8) is 0 Å². The molecule has 0 aliphatic carbocycles. The molecule has 106 valence electrons. The van der Waals surface area contributed by atoms with Crippen molar-refractivity contribution >= 4 is 15.7 Å². The topological polar surface area (TPSA) is 112 Å². The zero-order valence-corrected chi connectivity index (χ0v) is 11.4. The Hall–Kier alpha value is -1.60. The first-order valence-corrected chi connectivity index (χ1v) is 7.65. The summed E-state index contributed by atoms with van der Waals surface area (Å²) in [5.41, 5.74) is 11.3. The van der Waals surface area contributed by atoms with Gasteiger partial charge in [0.1, 0.15) is 12.4 Å². The second kappa shape index (κ2) is 7.10. The van der Waals surface area contributed by atoms with Gasteiger partial charge >= 0.3 is 0 Å². The SMILES string of the molecule is NCc1cccc(OCCS(=O)(=O)CCC(N)=O)c1. The molecule has 1 aromatic carbocycles. The minimum Gasteiger partial charge on any atom is -0.493 e. The van der Waals surface area contributed by atoms with Crippen LogP contribution >= 0.6 is 0 Å². The van der Waals surface area contributed by atoms with Crippen LogP contribution in [0.15, 0.2) is 24.3 Å². The highest BCUT2D eigenvalue weighted by atomic mass is 32.2. The average molecular weight is 286 g/mol. The van der Waals surface area contributed by atoms with E-state index in [2.05, 4.69) is 0 Å². The van der Waals surface area contributed by atoms with Gasteiger partial charge in [0, 0.05) is 13.0 Å². The van der Waals surface area contributed by atoms with Crippen LogP contribution in [-0.2, 0) is 21.2 Å². The monoisotopic (exact) mass is 286 g/mol. The summed E-state index contributed by atoms with van der Waals surface area (Å²) >= 11 is 0. The highest BCUT2D eigenvalue weighted by Crippen LogP contribution is 2.12. The lowest BCUT2D eigenvalue weighted by molar-refractivity contribution is -0.117. The first-order chi connectivity index (χ1) is 8.93. The molecule has 0 radical (unpaired) electrons. The van der Waals surface area contributed by atoms with Crippen LogP contribution in [0.5, 0.6) is 5.75 Å². The van der Waals surface area contributed by atoms with E-state index in [-0.39, 0.29) is 24.5 Å². The number of benzene rings is 1. The fourth-order valence-corrected chi connectivity index (χ4v) is 2.46. The first kappa shape index (κ1) is 15.5. The zero-order chi connectivity index (χ0) is 14.3. The van der Waals surface area contributed by atoms with E-state index in [1.807, 2.05) is 6.07 Å². The predicted molar refractivity (Wildman–Crippen MR) is 72.3 cm³/mol. The van der Waals surface area contributed by atoms with Gasteiger partial charge in [0.2, 0.25) is 5.91 Å². The van der Waals surface area contributed by atoms with Crippen LogP contribution < -0.4 is 16.2 Å². The number of carbonyl (C=O) groups is 1. The molecule has 0 unspecified atom stereocenters. The number of nitrogens with two attached hydrogens (primary N) is 2. The van der Waals surface area contributed by atoms with Crippen molar-refractivity contribution in [2.75, 3.05) is 18.1 Å². The third kappa shape index (κ3) is 6.21. The minimum atomic E-state index is -3.31. The Bertz CT molecular complexity index is 528. The fraction of sp³-hybridized carbons (Fsp3) is 0.417. The van der Waals surface area contributed by atoms with Gasteiger partial charge in [-0.3, -0.25) is 4.79 Å². The smallest absolute Gasteiger partial charge is 0.218 e. The number of rotatable bonds is 8. The summed E-state index contributed by atoms with van der Waals surface area (Å²) in [6.45, 7) is 0.434. The van der Waals surface area contributed by atoms with Crippen molar-refractivity contribution in [1.29, 1.82) is 0 Å². The van der Waals surface area contributed by atoms with Gasteiger partial charge in [0.25, 0.3) is 0 Å². The molecule has 0 aliphatic heterocycles. The van der Waals surface area contributed by atoms with E-state index in [9.17, 15) is 13.2 Å². The Balaban J connectivity index is 2.42. The third-order valence-electron chi connectivity index (χ3n) is 2.46. The quantitative estimate of drug-likeness (QED) is 0.688. The lowest BCUT2D eigenvalue weighted by atomic mass is 10.2. The number of hydrogen-bond donors (Lipinski definition) is 2. The molecular formula is C12H18N2O4S. The second-order valence-electron chi connectivity index (χ2n) is 4.07. The summed E-state index contributed by atoms with van der Waals surface area (Å²) in [5, 5.41) is 0. The van der Waals surface area contributed by atoms with Crippen LogP contribution in [0.2, 0.25) is 0 Å². The van der Waals surface area contributed by atoms with Crippen LogP contribution in [0.3, 0.4) is 0 Å². The summed E-state index contributed by atoms with van der Waals surface area (Å²) in [7, 11) is -3.31. The Morgan fingerprint density at radius 1 is 1.26 bits per heavy atom. The van der Waals surface area contributed by atoms with Crippen LogP contribution in [0.1, 0.15) is 12.0 Å². The van der Waals surface area contributed by atoms with Crippen molar-refractivity contribution in [2.45, 2.75) is 13.0 Å². The Morgan fingerprint density at radius 3 is 2.63 bits per heavy atom. The molecule has 4 N–H and O–H groups in total. The molecule has 1 amide bonds. The van der Waals surface area contributed by atoms with Gasteiger partial charge in [0.15, 0.2) is 9.84 Å². The van der Waals surface area contributed by atoms with Gasteiger partial charge in [-0.05, 0) is 17.7 Å². The minimum absolute atomic E-state index is 0.0368. The molecule has 1 rings (SSSR count). The molecule has 19 heavy (non-hydrogen) atoms. The predicted octanol–water partition coefficient (Wildman–Crippen LogP) is -0.186. The standard InChI is InChI=1S/C12H18N2O4S/c13-9-10-2-1-3-11(8-10)18-5-7-19(16,17)6-4-12(14)15/h1-3,8H,4-7,9,13H2,(H2,14,15). The summed E-state index contributed by atoms with van der Waals surface area (Å²) < 4.78 is 28.4. The van der Waals surface area contributed by atoms with Crippen LogP contribution in [-0.4, -0.2) is 32.4 Å². The third-order valence-corrected chi connectivity index (χ3v) is 4.07. The van der Waals surface area contributed by atoms with Gasteiger partial charge in [-0.1, -0.05) is 12.1 Å². The highest BCUT2D eigenvalue weighted by molar-refractivity contribution is 7.91. The fourth-order valence-electron chi connectivity index (χ4n) is 1.41. The van der Waals surface area contributed by atoms with E-state index in [0.29, 0.717) is 12.3 Å². The number of sulfone groups is 1. The van der Waals surface area contributed by atoms with Crippen molar-refractivity contribution in [2.24, 2.45) is 11.5 Å². The van der Waals surface area contributed by atoms with Gasteiger partial charge < -0.3 is 16.2 Å². The van der Waals surface area contributed by atoms with Crippen LogP contribution in [0.4, 0.5) is 0 Å². The van der Waals surface area contributed by atoms with Gasteiger partial charge in [-0.25, -0.2) is 8.42 Å². The molecule has 0 spiro atoms. The maximum atomic E-state index is 11.5. The molecule has 6 nitrogen and oxygen atoms in total. The molecule has 0 fully saturated rings. The molecular weight excluding hydrogens is 268 g/mol. The average Bonchev–Trinajstić information content (AvgIpc) is 2.37. The largest absolute Gasteiger partial charge is 0.493 e. The Kier molecular flexibility index (Phi) is 5.78. The Labute approximate surface area is 112 Å². The molecule has 0 aromatic heterocycles. The van der Waals surface area contributed by atoms with E-state index in [4.69, 9.17) is 16.2 Å². The van der Waals surface area contributed by atoms with Gasteiger partial charge in [-0.2, -0.15) is 0 Å². The molecule has 0 bridgehead atoms. The lowest BCUT2D eigenvalue weighted by Crippen LogP contribution is -2.21. The van der Waals surface area contributed by atoms with Gasteiger partial charge in [-0.15, -0.1) is 0 Å². The maximum Gasteiger partial charge on any atom is 0.218 e. The van der Waals surface area contributed by atoms with E-state index < -0.39 is 15.7 Å². The molecule has 7 heteroatoms. The highest BCUT2D eigenvalue weighted by Gasteiger charge is 2.12. The molecule has 0 aliphatic rings. The second-order valence-corrected chi connectivity index (χ2v) is 6.37. The van der Waals surface area contributed by atoms with Crippen molar-refractivity contribution < 1.29 is 17.9 Å². The number of hydrogen-bond acceptors (Lipinski definition) is 5. The van der Waals surface area contributed by atoms with Crippen LogP contribution in [0.25, 0.3) is 0 Å². The number of amides is 1. The molecule has 0 heterocycles. The summed E-state index contributed by atoms with van der Waals surface area (Å²) in [5.74, 6) is -0.435. The molecule has 0 atom stereocenters. The number of primary amides is 1. The first-order valence-electron chi connectivity index (χ1n) is 5.83. The summed E-state index contributed by atoms with van der Waals surface area (Å²) in [6, 6.07) is 7.14. The van der Waals surface area contributed by atoms with E-state index in [1.165, 1.54) is 0 Å². The Morgan fingerprint density at radius 2 is 2.00 bits per heavy atom. The van der Waals surface area contributed by atoms with E-state index in [0.717, 1.165) is 5.56 Å². The van der Waals surface area contributed by atoms with Crippen molar-refractivity contribution in [3.05, 3.63) is 29.8 Å². The van der Waals surface area contributed by atoms with E-state index in [1.54, 1.807) is 18.2 Å². The summed E-state index contributed by atoms with van der Waals surface area (Å²) in [4.78, 5) is 10.5. The lowest BCUT2D eigenvalue weighted by Gasteiger charge is -2.07. The molecule has 1 aromatic rings. The maximum absolute atomic E-state index is 11.5. The van der Waals surface area contributed by atoms with Gasteiger partial charge in [0.05, 0.1) is 11.5 Å². The van der Waals surface area contributed by atoms with E-state index >= 15 is 0 Å². The van der Waals surface area contributed by atoms with Crippen LogP contribution in [0, 0.1) is 0 Å². The number of carbonyl (C=O) groups excluding carboxylic acids is 1. The van der Waals surface area contributed by atoms with Crippen molar-refractivity contribution in [1.82, 2.24) is 0 Å². The van der Waals surface area contributed by atoms with Crippen molar-refractivity contribution in [3.8, 4) is 5.75 Å². The molecule has 0 saturated carbocycles. The number of ether oxygens (including phenoxy) is 1. The summed E-state index contributed by atoms with van der Waals surface area (Å²) in [6.07, 6.45) is -0.162. The normalized spacial score (nSPS) is 11.2. The zero-order valence-electron chi connectivity index (χ0n) is 10.5. The molecule has 0 saturated heterocycles.